The maximum absolute atomic E-state index is 13.3. The van der Waals surface area contributed by atoms with Crippen molar-refractivity contribution in [3.63, 3.8) is 0 Å². The summed E-state index contributed by atoms with van der Waals surface area (Å²) < 4.78 is 10.9. The van der Waals surface area contributed by atoms with E-state index in [4.69, 9.17) is 9.47 Å². The number of rotatable bonds is 4. The highest BCUT2D eigenvalue weighted by Crippen LogP contribution is 2.39. The highest BCUT2D eigenvalue weighted by atomic mass is 16.5. The van der Waals surface area contributed by atoms with E-state index in [1.165, 1.54) is 18.2 Å². The number of fused-ring (bicyclic) bond motifs is 1. The number of carbonyl (C=O) groups is 1. The van der Waals surface area contributed by atoms with Gasteiger partial charge in [0, 0.05) is 23.4 Å². The zero-order valence-corrected chi connectivity index (χ0v) is 17.8. The molecule has 0 saturated heterocycles. The van der Waals surface area contributed by atoms with Crippen molar-refractivity contribution in [2.75, 3.05) is 19.1 Å². The Hall–Kier alpha value is -3.67. The van der Waals surface area contributed by atoms with Crippen LogP contribution in [0.15, 0.2) is 54.6 Å². The number of amides is 1. The van der Waals surface area contributed by atoms with Crippen LogP contribution in [0, 0.1) is 0 Å². The third kappa shape index (κ3) is 3.77. The summed E-state index contributed by atoms with van der Waals surface area (Å²) in [5.41, 5.74) is 3.92. The maximum Gasteiger partial charge on any atom is 0.262 e. The van der Waals surface area contributed by atoms with Crippen LogP contribution in [0.3, 0.4) is 0 Å². The van der Waals surface area contributed by atoms with E-state index in [1.807, 2.05) is 37.3 Å². The Morgan fingerprint density at radius 1 is 1.00 bits per heavy atom. The molecule has 1 heterocycles. The molecule has 0 radical (unpaired) electrons. The lowest BCUT2D eigenvalue weighted by Crippen LogP contribution is -2.42. The second-order valence-corrected chi connectivity index (χ2v) is 7.67. The van der Waals surface area contributed by atoms with Crippen LogP contribution in [0.25, 0.3) is 11.1 Å². The first kappa shape index (κ1) is 20.6. The Balaban J connectivity index is 1.76. The number of hydrogen-bond donors (Lipinski definition) is 2. The molecule has 4 rings (SSSR count). The van der Waals surface area contributed by atoms with Gasteiger partial charge in [0.1, 0.15) is 23.0 Å². The minimum absolute atomic E-state index is 0.0228. The molecule has 3 aromatic carbocycles. The normalized spacial score (nSPS) is 15.3. The topological polar surface area (TPSA) is 79.2 Å². The largest absolute Gasteiger partial charge is 0.508 e. The Morgan fingerprint density at radius 2 is 1.81 bits per heavy atom. The molecule has 0 fully saturated rings. The summed E-state index contributed by atoms with van der Waals surface area (Å²) in [4.78, 5) is 15.0. The van der Waals surface area contributed by atoms with E-state index >= 15 is 0 Å². The van der Waals surface area contributed by atoms with Crippen LogP contribution in [-0.4, -0.2) is 36.4 Å². The van der Waals surface area contributed by atoms with Gasteiger partial charge in [-0.25, -0.2) is 0 Å². The predicted molar refractivity (Wildman–Crippen MR) is 119 cm³/mol. The SMILES string of the molecule is COc1ccc(OC)c(-c2ccc3c(c2)CC[C@H](C)N3C(=O)c2ccc(O)cc2O)c1. The Morgan fingerprint density at radius 3 is 2.52 bits per heavy atom. The van der Waals surface area contributed by atoms with Gasteiger partial charge in [-0.05, 0) is 73.4 Å². The molecule has 3 aromatic rings. The van der Waals surface area contributed by atoms with Crippen LogP contribution in [0.2, 0.25) is 0 Å². The minimum atomic E-state index is -0.294. The summed E-state index contributed by atoms with van der Waals surface area (Å²) in [5.74, 6) is 0.867. The lowest BCUT2D eigenvalue weighted by atomic mass is 9.92. The Kier molecular flexibility index (Phi) is 5.46. The van der Waals surface area contributed by atoms with E-state index in [0.717, 1.165) is 46.7 Å². The van der Waals surface area contributed by atoms with Crippen LogP contribution < -0.4 is 14.4 Å². The average Bonchev–Trinajstić information content (AvgIpc) is 2.77. The number of hydrogen-bond acceptors (Lipinski definition) is 5. The molecule has 0 aromatic heterocycles. The van der Waals surface area contributed by atoms with Crippen LogP contribution in [0.5, 0.6) is 23.0 Å². The fourth-order valence-corrected chi connectivity index (χ4v) is 4.10. The highest BCUT2D eigenvalue weighted by molar-refractivity contribution is 6.09. The van der Waals surface area contributed by atoms with E-state index in [2.05, 4.69) is 6.07 Å². The molecule has 1 atom stereocenters. The molecule has 1 aliphatic rings. The van der Waals surface area contributed by atoms with Gasteiger partial charge < -0.3 is 24.6 Å². The quantitative estimate of drug-likeness (QED) is 0.637. The number of phenolic OH excluding ortho intramolecular Hbond substituents is 2. The van der Waals surface area contributed by atoms with Gasteiger partial charge in [0.15, 0.2) is 0 Å². The van der Waals surface area contributed by atoms with Gasteiger partial charge in [0.25, 0.3) is 5.91 Å². The first-order chi connectivity index (χ1) is 14.9. The van der Waals surface area contributed by atoms with Gasteiger partial charge in [-0.2, -0.15) is 0 Å². The summed E-state index contributed by atoms with van der Waals surface area (Å²) in [5, 5.41) is 19.7. The van der Waals surface area contributed by atoms with Crippen molar-refractivity contribution in [1.29, 1.82) is 0 Å². The molecule has 6 nitrogen and oxygen atoms in total. The summed E-state index contributed by atoms with van der Waals surface area (Å²) >= 11 is 0. The van der Waals surface area contributed by atoms with Crippen molar-refractivity contribution in [2.24, 2.45) is 0 Å². The third-order valence-electron chi connectivity index (χ3n) is 5.76. The molecular formula is C25H25NO5. The number of benzene rings is 3. The van der Waals surface area contributed by atoms with Crippen LogP contribution >= 0.6 is 0 Å². The van der Waals surface area contributed by atoms with Gasteiger partial charge in [0.05, 0.1) is 19.8 Å². The molecule has 160 valence electrons. The number of aryl methyl sites for hydroxylation is 1. The van der Waals surface area contributed by atoms with Gasteiger partial charge in [-0.15, -0.1) is 0 Å². The van der Waals surface area contributed by atoms with E-state index in [-0.39, 0.29) is 29.0 Å². The number of phenols is 2. The number of anilines is 1. The van der Waals surface area contributed by atoms with Crippen molar-refractivity contribution in [1.82, 2.24) is 0 Å². The highest BCUT2D eigenvalue weighted by Gasteiger charge is 2.30. The first-order valence-electron chi connectivity index (χ1n) is 10.1. The van der Waals surface area contributed by atoms with Crippen molar-refractivity contribution < 1.29 is 24.5 Å². The predicted octanol–water partition coefficient (Wildman–Crippen LogP) is 4.76. The van der Waals surface area contributed by atoms with Crippen LogP contribution in [0.4, 0.5) is 5.69 Å². The van der Waals surface area contributed by atoms with E-state index in [0.29, 0.717) is 0 Å². The summed E-state index contributed by atoms with van der Waals surface area (Å²) in [6.07, 6.45) is 1.64. The van der Waals surface area contributed by atoms with E-state index in [9.17, 15) is 15.0 Å². The lowest BCUT2D eigenvalue weighted by molar-refractivity contribution is 0.0972. The molecule has 0 saturated carbocycles. The van der Waals surface area contributed by atoms with E-state index in [1.54, 1.807) is 19.1 Å². The van der Waals surface area contributed by atoms with Crippen LogP contribution in [-0.2, 0) is 6.42 Å². The van der Waals surface area contributed by atoms with Gasteiger partial charge in [-0.1, -0.05) is 6.07 Å². The summed E-state index contributed by atoms with van der Waals surface area (Å²) in [7, 11) is 3.26. The number of aromatic hydroxyl groups is 2. The summed E-state index contributed by atoms with van der Waals surface area (Å²) in [6, 6.07) is 15.7. The lowest BCUT2D eigenvalue weighted by Gasteiger charge is -2.36. The van der Waals surface area contributed by atoms with Gasteiger partial charge in [-0.3, -0.25) is 4.79 Å². The fourth-order valence-electron chi connectivity index (χ4n) is 4.10. The maximum atomic E-state index is 13.3. The first-order valence-corrected chi connectivity index (χ1v) is 10.1. The molecule has 2 N–H and O–H groups in total. The fraction of sp³-hybridized carbons (Fsp3) is 0.240. The zero-order chi connectivity index (χ0) is 22.1. The second kappa shape index (κ2) is 8.22. The van der Waals surface area contributed by atoms with E-state index < -0.39 is 0 Å². The molecule has 0 unspecified atom stereocenters. The molecular weight excluding hydrogens is 394 g/mol. The molecule has 31 heavy (non-hydrogen) atoms. The summed E-state index contributed by atoms with van der Waals surface area (Å²) in [6.45, 7) is 2.00. The monoisotopic (exact) mass is 419 g/mol. The molecule has 0 bridgehead atoms. The number of ether oxygens (including phenoxy) is 2. The standard InChI is InChI=1S/C25H25NO5/c1-15-4-5-17-12-16(21-14-19(30-2)8-11-24(21)31-3)6-10-22(17)26(15)25(29)20-9-7-18(27)13-23(20)28/h6-15,27-28H,4-5H2,1-3H3/t15-/m0/s1. The molecule has 6 heteroatoms. The van der Waals surface area contributed by atoms with Crippen molar-refractivity contribution in [2.45, 2.75) is 25.8 Å². The van der Waals surface area contributed by atoms with Gasteiger partial charge in [0.2, 0.25) is 0 Å². The van der Waals surface area contributed by atoms with Crippen molar-refractivity contribution in [3.05, 3.63) is 65.7 Å². The molecule has 0 spiro atoms. The average molecular weight is 419 g/mol. The molecule has 0 aliphatic carbocycles. The number of carbonyl (C=O) groups excluding carboxylic acids is 1. The van der Waals surface area contributed by atoms with Crippen molar-refractivity contribution in [3.8, 4) is 34.1 Å². The zero-order valence-electron chi connectivity index (χ0n) is 17.8. The van der Waals surface area contributed by atoms with Crippen LogP contribution in [0.1, 0.15) is 29.3 Å². The number of methoxy groups -OCH3 is 2. The minimum Gasteiger partial charge on any atom is -0.508 e. The Labute approximate surface area is 181 Å². The third-order valence-corrected chi connectivity index (χ3v) is 5.76. The second-order valence-electron chi connectivity index (χ2n) is 7.67. The van der Waals surface area contributed by atoms with Gasteiger partial charge >= 0.3 is 0 Å². The smallest absolute Gasteiger partial charge is 0.262 e. The molecule has 1 amide bonds. The molecule has 1 aliphatic heterocycles. The number of nitrogens with zero attached hydrogens (tertiary/aromatic N) is 1. The van der Waals surface area contributed by atoms with Crippen molar-refractivity contribution >= 4 is 11.6 Å². The Bertz CT molecular complexity index is 1140.